The van der Waals surface area contributed by atoms with E-state index in [0.717, 1.165) is 25.0 Å². The fraction of sp³-hybridized carbons (Fsp3) is 0.286. The van der Waals surface area contributed by atoms with Crippen LogP contribution in [0, 0.1) is 4.77 Å². The lowest BCUT2D eigenvalue weighted by molar-refractivity contribution is -0.137. The van der Waals surface area contributed by atoms with Gasteiger partial charge in [-0.3, -0.25) is 14.2 Å². The summed E-state index contributed by atoms with van der Waals surface area (Å²) in [4.78, 5) is 30.0. The molecule has 1 saturated heterocycles. The number of nitrogens with zero attached hydrogens (tertiary/aromatic N) is 2. The fourth-order valence-electron chi connectivity index (χ4n) is 3.69. The summed E-state index contributed by atoms with van der Waals surface area (Å²) in [7, 11) is 1.54. The van der Waals surface area contributed by atoms with Crippen LogP contribution in [0.2, 0.25) is 0 Å². The average Bonchev–Trinajstić information content (AvgIpc) is 3.25. The predicted molar refractivity (Wildman–Crippen MR) is 115 cm³/mol. The van der Waals surface area contributed by atoms with Gasteiger partial charge in [0, 0.05) is 25.7 Å². The summed E-state index contributed by atoms with van der Waals surface area (Å²) in [5.41, 5.74) is 0.0733. The predicted octanol–water partition coefficient (Wildman–Crippen LogP) is 4.47. The van der Waals surface area contributed by atoms with E-state index in [9.17, 15) is 22.8 Å². The quantitative estimate of drug-likeness (QED) is 0.581. The van der Waals surface area contributed by atoms with Crippen LogP contribution < -0.4 is 15.8 Å². The second kappa shape index (κ2) is 7.84. The lowest BCUT2D eigenvalue weighted by Crippen LogP contribution is -2.22. The van der Waals surface area contributed by atoms with E-state index in [1.165, 1.54) is 35.9 Å². The molecule has 31 heavy (non-hydrogen) atoms. The third-order valence-electron chi connectivity index (χ3n) is 5.38. The Morgan fingerprint density at radius 1 is 1.13 bits per heavy atom. The van der Waals surface area contributed by atoms with Gasteiger partial charge in [-0.2, -0.15) is 13.2 Å². The van der Waals surface area contributed by atoms with Crippen LogP contribution in [0.15, 0.2) is 41.2 Å². The molecule has 1 fully saturated rings. The largest absolute Gasteiger partial charge is 0.416 e. The lowest BCUT2D eigenvalue weighted by atomic mass is 10.1. The number of carbonyl (C=O) groups excluding carboxylic acids is 1. The van der Waals surface area contributed by atoms with E-state index in [-0.39, 0.29) is 21.6 Å². The minimum atomic E-state index is -4.53. The average molecular weight is 448 g/mol. The molecule has 1 aliphatic heterocycles. The molecule has 0 bridgehead atoms. The number of alkyl halides is 3. The number of halogens is 3. The molecule has 4 rings (SSSR count). The van der Waals surface area contributed by atoms with Crippen molar-refractivity contribution in [1.29, 1.82) is 0 Å². The topological polar surface area (TPSA) is 70.1 Å². The first-order valence-electron chi connectivity index (χ1n) is 9.66. The summed E-state index contributed by atoms with van der Waals surface area (Å²) < 4.78 is 41.2. The van der Waals surface area contributed by atoms with Gasteiger partial charge in [-0.1, -0.05) is 0 Å². The van der Waals surface area contributed by atoms with E-state index in [0.29, 0.717) is 29.7 Å². The Morgan fingerprint density at radius 2 is 1.84 bits per heavy atom. The second-order valence-electron chi connectivity index (χ2n) is 7.43. The number of aromatic amines is 1. The van der Waals surface area contributed by atoms with Gasteiger partial charge in [0.05, 0.1) is 27.8 Å². The van der Waals surface area contributed by atoms with Crippen molar-refractivity contribution in [1.82, 2.24) is 9.55 Å². The van der Waals surface area contributed by atoms with Crippen LogP contribution in [0.1, 0.15) is 28.8 Å². The summed E-state index contributed by atoms with van der Waals surface area (Å²) in [5.74, 6) is -0.582. The van der Waals surface area contributed by atoms with E-state index in [1.54, 1.807) is 0 Å². The number of nitrogens with one attached hydrogen (secondary N) is 2. The van der Waals surface area contributed by atoms with Gasteiger partial charge < -0.3 is 15.2 Å². The number of fused-ring (bicyclic) bond motifs is 1. The highest BCUT2D eigenvalue weighted by molar-refractivity contribution is 7.71. The zero-order chi connectivity index (χ0) is 22.3. The van der Waals surface area contributed by atoms with Crippen LogP contribution in [0.3, 0.4) is 0 Å². The normalized spacial score (nSPS) is 14.3. The molecule has 2 heterocycles. The number of aromatic nitrogens is 2. The van der Waals surface area contributed by atoms with Crippen molar-refractivity contribution in [2.45, 2.75) is 19.0 Å². The van der Waals surface area contributed by atoms with Crippen molar-refractivity contribution in [2.75, 3.05) is 23.3 Å². The number of amides is 1. The fourth-order valence-corrected chi connectivity index (χ4v) is 3.88. The van der Waals surface area contributed by atoms with Crippen molar-refractivity contribution >= 4 is 40.4 Å². The van der Waals surface area contributed by atoms with Gasteiger partial charge in [-0.15, -0.1) is 0 Å². The molecule has 2 N–H and O–H groups in total. The highest BCUT2D eigenvalue weighted by Crippen LogP contribution is 2.36. The van der Waals surface area contributed by atoms with Gasteiger partial charge in [0.25, 0.3) is 11.5 Å². The van der Waals surface area contributed by atoms with Crippen LogP contribution >= 0.6 is 12.2 Å². The monoisotopic (exact) mass is 448 g/mol. The number of benzene rings is 2. The molecular weight excluding hydrogens is 429 g/mol. The first-order valence-corrected chi connectivity index (χ1v) is 10.1. The molecule has 1 amide bonds. The van der Waals surface area contributed by atoms with Crippen LogP contribution in [-0.2, 0) is 13.2 Å². The maximum Gasteiger partial charge on any atom is 0.416 e. The summed E-state index contributed by atoms with van der Waals surface area (Å²) in [6, 6.07) is 7.78. The van der Waals surface area contributed by atoms with E-state index in [1.807, 2.05) is 4.90 Å². The van der Waals surface area contributed by atoms with Crippen LogP contribution in [0.5, 0.6) is 0 Å². The molecule has 1 aromatic heterocycles. The van der Waals surface area contributed by atoms with E-state index >= 15 is 0 Å². The van der Waals surface area contributed by atoms with Gasteiger partial charge in [-0.25, -0.2) is 0 Å². The maximum absolute atomic E-state index is 13.2. The van der Waals surface area contributed by atoms with Crippen LogP contribution in [-0.4, -0.2) is 28.5 Å². The second-order valence-corrected chi connectivity index (χ2v) is 7.82. The molecule has 6 nitrogen and oxygen atoms in total. The van der Waals surface area contributed by atoms with Crippen LogP contribution in [0.4, 0.5) is 24.5 Å². The highest BCUT2D eigenvalue weighted by Gasteiger charge is 2.32. The van der Waals surface area contributed by atoms with Crippen molar-refractivity contribution in [2.24, 2.45) is 7.05 Å². The Morgan fingerprint density at radius 3 is 2.52 bits per heavy atom. The van der Waals surface area contributed by atoms with Gasteiger partial charge >= 0.3 is 6.18 Å². The molecule has 0 saturated carbocycles. The molecule has 0 spiro atoms. The molecule has 1 aliphatic rings. The molecule has 2 aromatic carbocycles. The first-order chi connectivity index (χ1) is 14.6. The zero-order valence-electron chi connectivity index (χ0n) is 16.5. The van der Waals surface area contributed by atoms with Crippen molar-refractivity contribution in [3.8, 4) is 0 Å². The standard InChI is InChI=1S/C21H19F3N4O2S/c1-27-19(30)14-6-4-12(10-15(14)26-20(27)31)18(29)25-16-11-13(21(22,23)24)5-7-17(16)28-8-2-3-9-28/h4-7,10-11H,2-3,8-9H2,1H3,(H,25,29)(H,26,31). The van der Waals surface area contributed by atoms with E-state index in [4.69, 9.17) is 12.2 Å². The van der Waals surface area contributed by atoms with E-state index < -0.39 is 17.6 Å². The number of rotatable bonds is 3. The highest BCUT2D eigenvalue weighted by atomic mass is 32.1. The zero-order valence-corrected chi connectivity index (χ0v) is 17.4. The molecule has 162 valence electrons. The molecule has 3 aromatic rings. The number of anilines is 2. The number of hydrogen-bond donors (Lipinski definition) is 2. The number of carbonyl (C=O) groups is 1. The Balaban J connectivity index is 1.72. The Kier molecular flexibility index (Phi) is 5.34. The third-order valence-corrected chi connectivity index (χ3v) is 5.76. The van der Waals surface area contributed by atoms with Gasteiger partial charge in [0.15, 0.2) is 4.77 Å². The molecule has 0 radical (unpaired) electrons. The maximum atomic E-state index is 13.2. The molecule has 0 unspecified atom stereocenters. The lowest BCUT2D eigenvalue weighted by Gasteiger charge is -2.23. The minimum absolute atomic E-state index is 0.0961. The Labute approximate surface area is 180 Å². The SMILES string of the molecule is Cn1c(=S)[nH]c2cc(C(=O)Nc3cc(C(F)(F)F)ccc3N3CCCC3)ccc2c1=O. The summed E-state index contributed by atoms with van der Waals surface area (Å²) in [6.45, 7) is 1.42. The Hall–Kier alpha value is -3.14. The molecule has 0 aliphatic carbocycles. The number of hydrogen-bond acceptors (Lipinski definition) is 4. The summed E-state index contributed by atoms with van der Waals surface area (Å²) in [6.07, 6.45) is -2.65. The van der Waals surface area contributed by atoms with Gasteiger partial charge in [-0.05, 0) is 61.5 Å². The molecular formula is C21H19F3N4O2S. The molecule has 10 heteroatoms. The minimum Gasteiger partial charge on any atom is -0.370 e. The summed E-state index contributed by atoms with van der Waals surface area (Å²) in [5, 5.41) is 2.97. The smallest absolute Gasteiger partial charge is 0.370 e. The van der Waals surface area contributed by atoms with Crippen molar-refractivity contribution in [3.05, 3.63) is 62.6 Å². The first kappa shape index (κ1) is 21.1. The van der Waals surface area contributed by atoms with E-state index in [2.05, 4.69) is 10.3 Å². The summed E-state index contributed by atoms with van der Waals surface area (Å²) >= 11 is 5.10. The van der Waals surface area contributed by atoms with Crippen molar-refractivity contribution in [3.63, 3.8) is 0 Å². The molecule has 0 atom stereocenters. The third kappa shape index (κ3) is 4.07. The number of H-pyrrole nitrogens is 1. The van der Waals surface area contributed by atoms with Crippen molar-refractivity contribution < 1.29 is 18.0 Å². The van der Waals surface area contributed by atoms with Gasteiger partial charge in [0.2, 0.25) is 0 Å². The van der Waals surface area contributed by atoms with Crippen LogP contribution in [0.25, 0.3) is 10.9 Å². The Bertz CT molecular complexity index is 1290. The van der Waals surface area contributed by atoms with Gasteiger partial charge in [0.1, 0.15) is 0 Å².